The maximum absolute atomic E-state index is 12.7. The first-order valence-electron chi connectivity index (χ1n) is 7.73. The van der Waals surface area contributed by atoms with Gasteiger partial charge in [0, 0.05) is 23.6 Å². The van der Waals surface area contributed by atoms with Gasteiger partial charge in [-0.2, -0.15) is 0 Å². The van der Waals surface area contributed by atoms with Crippen LogP contribution in [0.4, 0.5) is 0 Å². The number of aromatic hydroxyl groups is 1. The molecule has 0 saturated carbocycles. The van der Waals surface area contributed by atoms with Gasteiger partial charge in [-0.3, -0.25) is 19.1 Å². The number of aromatic nitrogens is 2. The summed E-state index contributed by atoms with van der Waals surface area (Å²) < 4.78 is 1.62. The minimum atomic E-state index is -0.281. The van der Waals surface area contributed by atoms with Gasteiger partial charge in [0.25, 0.3) is 5.91 Å². The molecule has 2 heterocycles. The Morgan fingerprint density at radius 3 is 2.60 bits per heavy atom. The fourth-order valence-electron chi connectivity index (χ4n) is 2.93. The van der Waals surface area contributed by atoms with Crippen LogP contribution >= 0.6 is 11.3 Å². The summed E-state index contributed by atoms with van der Waals surface area (Å²) >= 11 is 0.993. The van der Waals surface area contributed by atoms with Crippen LogP contribution in [0.3, 0.4) is 0 Å². The van der Waals surface area contributed by atoms with Crippen LogP contribution in [0.15, 0.2) is 65.6 Å². The highest BCUT2D eigenvalue weighted by atomic mass is 32.1. The number of rotatable bonds is 3. The second-order valence-corrected chi connectivity index (χ2v) is 6.74. The third-order valence-corrected chi connectivity index (χ3v) is 4.99. The van der Waals surface area contributed by atoms with Gasteiger partial charge in [0.15, 0.2) is 0 Å². The predicted molar refractivity (Wildman–Crippen MR) is 97.5 cm³/mol. The number of hydrogen-bond donors (Lipinski definition) is 2. The molecular weight excluding hydrogens is 336 g/mol. The van der Waals surface area contributed by atoms with Crippen molar-refractivity contribution in [3.8, 4) is 5.88 Å². The van der Waals surface area contributed by atoms with E-state index in [1.807, 2.05) is 42.5 Å². The molecule has 0 aliphatic heterocycles. The molecular formula is C19H14N2O3S. The lowest BCUT2D eigenvalue weighted by Crippen LogP contribution is -2.10. The van der Waals surface area contributed by atoms with Crippen molar-refractivity contribution in [1.82, 2.24) is 9.55 Å². The normalized spacial score (nSPS) is 11.0. The van der Waals surface area contributed by atoms with E-state index in [-0.39, 0.29) is 16.7 Å². The van der Waals surface area contributed by atoms with Crippen molar-refractivity contribution in [1.29, 1.82) is 0 Å². The van der Waals surface area contributed by atoms with Gasteiger partial charge in [-0.25, -0.2) is 0 Å². The summed E-state index contributed by atoms with van der Waals surface area (Å²) in [5, 5.41) is 10.7. The number of nitrogens with one attached hydrogen (secondary N) is 1. The van der Waals surface area contributed by atoms with Gasteiger partial charge < -0.3 is 5.11 Å². The number of fused-ring (bicyclic) bond motifs is 1. The summed E-state index contributed by atoms with van der Waals surface area (Å²) in [5.74, 6) is -0.186. The Morgan fingerprint density at radius 2 is 1.88 bits per heavy atom. The molecule has 0 spiro atoms. The average molecular weight is 350 g/mol. The number of H-pyrrole nitrogens is 1. The Balaban J connectivity index is 1.77. The van der Waals surface area contributed by atoms with Crippen LogP contribution in [0.1, 0.15) is 20.8 Å². The first kappa shape index (κ1) is 15.4. The van der Waals surface area contributed by atoms with Crippen LogP contribution in [0.5, 0.6) is 5.88 Å². The molecule has 0 aliphatic rings. The summed E-state index contributed by atoms with van der Waals surface area (Å²) in [7, 11) is 0. The number of hydrogen-bond acceptors (Lipinski definition) is 4. The van der Waals surface area contributed by atoms with E-state index in [0.717, 1.165) is 27.8 Å². The van der Waals surface area contributed by atoms with E-state index >= 15 is 0 Å². The van der Waals surface area contributed by atoms with Gasteiger partial charge in [0.05, 0.1) is 10.4 Å². The largest absolute Gasteiger partial charge is 0.494 e. The van der Waals surface area contributed by atoms with Gasteiger partial charge in [0.1, 0.15) is 0 Å². The molecule has 0 fully saturated rings. The zero-order valence-electron chi connectivity index (χ0n) is 13.1. The third kappa shape index (κ3) is 2.77. The number of thiazole rings is 1. The smallest absolute Gasteiger partial charge is 0.307 e. The molecule has 2 aromatic heterocycles. The van der Waals surface area contributed by atoms with Crippen LogP contribution in [-0.4, -0.2) is 20.6 Å². The lowest BCUT2D eigenvalue weighted by Gasteiger charge is -2.06. The lowest BCUT2D eigenvalue weighted by atomic mass is 10.1. The minimum Gasteiger partial charge on any atom is -0.494 e. The fraction of sp³-hybridized carbons (Fsp3) is 0.0526. The molecule has 0 amide bonds. The van der Waals surface area contributed by atoms with Crippen molar-refractivity contribution in [2.24, 2.45) is 0 Å². The SMILES string of the molecule is O=C(c1ccccc1)n1ccc2c(Cc3sc(=O)[nH]c3O)cccc21. The van der Waals surface area contributed by atoms with Crippen LogP contribution < -0.4 is 4.87 Å². The van der Waals surface area contributed by atoms with Crippen molar-refractivity contribution in [3.05, 3.63) is 86.5 Å². The topological polar surface area (TPSA) is 75.1 Å². The van der Waals surface area contributed by atoms with Gasteiger partial charge in [-0.15, -0.1) is 0 Å². The molecule has 0 saturated heterocycles. The molecule has 6 heteroatoms. The molecule has 124 valence electrons. The van der Waals surface area contributed by atoms with Gasteiger partial charge in [-0.05, 0) is 29.8 Å². The van der Waals surface area contributed by atoms with E-state index < -0.39 is 0 Å². The standard InChI is InChI=1S/C19H14N2O3S/c22-17-16(25-19(24)20-17)11-13-7-4-8-15-14(13)9-10-21(15)18(23)12-5-2-1-3-6-12/h1-10,22H,11H2,(H,20,24). The van der Waals surface area contributed by atoms with Crippen LogP contribution in [0.25, 0.3) is 10.9 Å². The van der Waals surface area contributed by atoms with E-state index in [2.05, 4.69) is 4.98 Å². The quantitative estimate of drug-likeness (QED) is 0.595. The molecule has 0 radical (unpaired) electrons. The molecule has 0 aliphatic carbocycles. The second kappa shape index (κ2) is 6.07. The number of aromatic amines is 1. The summed E-state index contributed by atoms with van der Waals surface area (Å²) in [6.07, 6.45) is 2.18. The Bertz CT molecular complexity index is 1120. The minimum absolute atomic E-state index is 0.0909. The summed E-state index contributed by atoms with van der Waals surface area (Å²) in [6.45, 7) is 0. The lowest BCUT2D eigenvalue weighted by molar-refractivity contribution is 0.0965. The number of nitrogens with zero attached hydrogens (tertiary/aromatic N) is 1. The number of carbonyl (C=O) groups is 1. The maximum atomic E-state index is 12.7. The molecule has 0 unspecified atom stereocenters. The molecule has 4 aromatic rings. The molecule has 5 nitrogen and oxygen atoms in total. The molecule has 4 rings (SSSR count). The van der Waals surface area contributed by atoms with Gasteiger partial charge in [0.2, 0.25) is 5.88 Å². The molecule has 2 N–H and O–H groups in total. The first-order chi connectivity index (χ1) is 12.1. The van der Waals surface area contributed by atoms with Crippen molar-refractivity contribution in [3.63, 3.8) is 0 Å². The zero-order valence-corrected chi connectivity index (χ0v) is 13.9. The van der Waals surface area contributed by atoms with E-state index in [0.29, 0.717) is 16.9 Å². The summed E-state index contributed by atoms with van der Waals surface area (Å²) in [4.78, 5) is 26.8. The van der Waals surface area contributed by atoms with E-state index in [1.54, 1.807) is 22.9 Å². The van der Waals surface area contributed by atoms with Crippen LogP contribution in [-0.2, 0) is 6.42 Å². The fourth-order valence-corrected chi connectivity index (χ4v) is 3.67. The molecule has 2 aromatic carbocycles. The first-order valence-corrected chi connectivity index (χ1v) is 8.55. The predicted octanol–water partition coefficient (Wildman–Crippen LogP) is 3.38. The molecule has 0 atom stereocenters. The highest BCUT2D eigenvalue weighted by molar-refractivity contribution is 7.09. The number of carbonyl (C=O) groups excluding carboxylic acids is 1. The Labute approximate surface area is 146 Å². The second-order valence-electron chi connectivity index (χ2n) is 5.67. The Kier molecular flexibility index (Phi) is 3.74. The van der Waals surface area contributed by atoms with Crippen LogP contribution in [0, 0.1) is 0 Å². The Morgan fingerprint density at radius 1 is 1.08 bits per heavy atom. The number of benzene rings is 2. The van der Waals surface area contributed by atoms with E-state index in [1.165, 1.54) is 0 Å². The van der Waals surface area contributed by atoms with Gasteiger partial charge >= 0.3 is 4.87 Å². The highest BCUT2D eigenvalue weighted by Crippen LogP contribution is 2.27. The van der Waals surface area contributed by atoms with E-state index in [9.17, 15) is 14.7 Å². The van der Waals surface area contributed by atoms with Crippen molar-refractivity contribution in [2.45, 2.75) is 6.42 Å². The van der Waals surface area contributed by atoms with Gasteiger partial charge in [-0.1, -0.05) is 41.7 Å². The van der Waals surface area contributed by atoms with Crippen molar-refractivity contribution < 1.29 is 9.90 Å². The highest BCUT2D eigenvalue weighted by Gasteiger charge is 2.14. The van der Waals surface area contributed by atoms with Crippen LogP contribution in [0.2, 0.25) is 0 Å². The molecule has 0 bridgehead atoms. The average Bonchev–Trinajstić information content (AvgIpc) is 3.19. The summed E-state index contributed by atoms with van der Waals surface area (Å²) in [5.41, 5.74) is 2.36. The zero-order chi connectivity index (χ0) is 17.4. The maximum Gasteiger partial charge on any atom is 0.307 e. The van der Waals surface area contributed by atoms with Crippen molar-refractivity contribution >= 4 is 28.1 Å². The Hall–Kier alpha value is -3.12. The summed E-state index contributed by atoms with van der Waals surface area (Å²) in [6, 6.07) is 16.7. The monoisotopic (exact) mass is 350 g/mol. The third-order valence-electron chi connectivity index (χ3n) is 4.11. The molecule has 25 heavy (non-hydrogen) atoms. The van der Waals surface area contributed by atoms with Crippen molar-refractivity contribution in [2.75, 3.05) is 0 Å². The van der Waals surface area contributed by atoms with E-state index in [4.69, 9.17) is 0 Å².